The second-order valence-electron chi connectivity index (χ2n) is 6.61. The minimum absolute atomic E-state index is 0.00317. The largest absolute Gasteiger partial charge is 0.457 e. The first-order chi connectivity index (χ1) is 14.4. The molecule has 0 aromatic heterocycles. The van der Waals surface area contributed by atoms with E-state index in [0.717, 1.165) is 15.1 Å². The predicted octanol–water partition coefficient (Wildman–Crippen LogP) is 5.67. The fourth-order valence-corrected chi connectivity index (χ4v) is 3.78. The maximum atomic E-state index is 12.8. The molecule has 7 heteroatoms. The molecule has 0 bridgehead atoms. The van der Waals surface area contributed by atoms with Crippen LogP contribution in [0.25, 0.3) is 0 Å². The van der Waals surface area contributed by atoms with Gasteiger partial charge in [-0.2, -0.15) is 0 Å². The molecule has 5 nitrogen and oxygen atoms in total. The Bertz CT molecular complexity index is 1020. The first-order valence-corrected chi connectivity index (χ1v) is 11.0. The molecule has 154 valence electrons. The van der Waals surface area contributed by atoms with E-state index in [1.54, 1.807) is 44.4 Å². The predicted molar refractivity (Wildman–Crippen MR) is 124 cm³/mol. The van der Waals surface area contributed by atoms with E-state index < -0.39 is 0 Å². The van der Waals surface area contributed by atoms with Crippen molar-refractivity contribution in [3.63, 3.8) is 0 Å². The number of hydrogen-bond donors (Lipinski definition) is 1. The molecule has 0 unspecified atom stereocenters. The SMILES string of the molecule is CN(C)C(=O)CSc1ccccc1C(=O)Nc1ccc(Oc2ccc(Br)cc2)cc1. The van der Waals surface area contributed by atoms with Gasteiger partial charge < -0.3 is 15.0 Å². The van der Waals surface area contributed by atoms with E-state index in [1.807, 2.05) is 42.5 Å². The number of carbonyl (C=O) groups excluding carboxylic acids is 2. The van der Waals surface area contributed by atoms with Gasteiger partial charge in [0.25, 0.3) is 5.91 Å². The standard InChI is InChI=1S/C23H21BrN2O3S/c1-26(2)22(27)15-30-21-6-4-3-5-20(21)23(28)25-17-9-13-19(14-10-17)29-18-11-7-16(24)8-12-18/h3-14H,15H2,1-2H3,(H,25,28). The third-order valence-corrected chi connectivity index (χ3v) is 5.73. The number of nitrogens with zero attached hydrogens (tertiary/aromatic N) is 1. The lowest BCUT2D eigenvalue weighted by atomic mass is 10.2. The second-order valence-corrected chi connectivity index (χ2v) is 8.54. The number of carbonyl (C=O) groups is 2. The van der Waals surface area contributed by atoms with E-state index in [9.17, 15) is 9.59 Å². The van der Waals surface area contributed by atoms with E-state index in [2.05, 4.69) is 21.2 Å². The first kappa shape index (κ1) is 21.9. The fraction of sp³-hybridized carbons (Fsp3) is 0.130. The highest BCUT2D eigenvalue weighted by Crippen LogP contribution is 2.26. The lowest BCUT2D eigenvalue weighted by molar-refractivity contribution is -0.125. The van der Waals surface area contributed by atoms with Crippen LogP contribution in [0.15, 0.2) is 82.2 Å². The average Bonchev–Trinajstić information content (AvgIpc) is 2.75. The van der Waals surface area contributed by atoms with E-state index in [4.69, 9.17) is 4.74 Å². The smallest absolute Gasteiger partial charge is 0.256 e. The Labute approximate surface area is 188 Å². The van der Waals surface area contributed by atoms with Gasteiger partial charge in [-0.3, -0.25) is 9.59 Å². The molecule has 3 aromatic rings. The highest BCUT2D eigenvalue weighted by molar-refractivity contribution is 9.10. The van der Waals surface area contributed by atoms with Gasteiger partial charge in [-0.15, -0.1) is 11.8 Å². The van der Waals surface area contributed by atoms with Crippen LogP contribution >= 0.6 is 27.7 Å². The first-order valence-electron chi connectivity index (χ1n) is 9.19. The highest BCUT2D eigenvalue weighted by Gasteiger charge is 2.14. The summed E-state index contributed by atoms with van der Waals surface area (Å²) in [7, 11) is 3.43. The van der Waals surface area contributed by atoms with Crippen LogP contribution in [0.3, 0.4) is 0 Å². The van der Waals surface area contributed by atoms with Crippen molar-refractivity contribution in [3.8, 4) is 11.5 Å². The Kier molecular flexibility index (Phi) is 7.54. The summed E-state index contributed by atoms with van der Waals surface area (Å²) in [5.74, 6) is 1.45. The molecule has 3 rings (SSSR count). The summed E-state index contributed by atoms with van der Waals surface area (Å²) in [6, 6.07) is 22.0. The van der Waals surface area contributed by atoms with Crippen molar-refractivity contribution in [2.45, 2.75) is 4.90 Å². The van der Waals surface area contributed by atoms with Crippen molar-refractivity contribution >= 4 is 45.2 Å². The van der Waals surface area contributed by atoms with Crippen LogP contribution in [0.5, 0.6) is 11.5 Å². The molecular formula is C23H21BrN2O3S. The molecule has 0 aliphatic rings. The van der Waals surface area contributed by atoms with Crippen LogP contribution < -0.4 is 10.1 Å². The third kappa shape index (κ3) is 6.11. The number of halogens is 1. The zero-order valence-electron chi connectivity index (χ0n) is 16.6. The molecule has 0 saturated carbocycles. The Hall–Kier alpha value is -2.77. The molecule has 3 aromatic carbocycles. The van der Waals surface area contributed by atoms with Crippen molar-refractivity contribution < 1.29 is 14.3 Å². The Morgan fingerprint density at radius 1 is 0.933 bits per heavy atom. The number of anilines is 1. The van der Waals surface area contributed by atoms with Gasteiger partial charge in [0.2, 0.25) is 5.91 Å². The van der Waals surface area contributed by atoms with Crippen molar-refractivity contribution in [2.75, 3.05) is 25.2 Å². The zero-order valence-corrected chi connectivity index (χ0v) is 19.0. The molecule has 2 amide bonds. The number of amides is 2. The number of ether oxygens (including phenoxy) is 1. The number of nitrogens with one attached hydrogen (secondary N) is 1. The highest BCUT2D eigenvalue weighted by atomic mass is 79.9. The van der Waals surface area contributed by atoms with Crippen LogP contribution in [-0.2, 0) is 4.79 Å². The van der Waals surface area contributed by atoms with Gasteiger partial charge in [0.15, 0.2) is 0 Å². The van der Waals surface area contributed by atoms with E-state index in [1.165, 1.54) is 16.7 Å². The molecule has 0 fully saturated rings. The van der Waals surface area contributed by atoms with Crippen LogP contribution in [0.2, 0.25) is 0 Å². The van der Waals surface area contributed by atoms with Gasteiger partial charge in [-0.05, 0) is 60.7 Å². The maximum Gasteiger partial charge on any atom is 0.256 e. The van der Waals surface area contributed by atoms with Crippen LogP contribution in [0, 0.1) is 0 Å². The third-order valence-electron chi connectivity index (χ3n) is 4.14. The van der Waals surface area contributed by atoms with Gasteiger partial charge in [-0.1, -0.05) is 28.1 Å². The lowest BCUT2D eigenvalue weighted by Gasteiger charge is -2.12. The number of rotatable bonds is 7. The molecule has 0 heterocycles. The molecule has 0 aliphatic heterocycles. The molecule has 0 radical (unpaired) electrons. The van der Waals surface area contributed by atoms with Crippen molar-refractivity contribution in [2.24, 2.45) is 0 Å². The van der Waals surface area contributed by atoms with Crippen LogP contribution in [0.1, 0.15) is 10.4 Å². The molecule has 0 saturated heterocycles. The number of thioether (sulfide) groups is 1. The summed E-state index contributed by atoms with van der Waals surface area (Å²) < 4.78 is 6.78. The van der Waals surface area contributed by atoms with E-state index in [0.29, 0.717) is 17.0 Å². The van der Waals surface area contributed by atoms with Crippen molar-refractivity contribution in [1.29, 1.82) is 0 Å². The Balaban J connectivity index is 1.64. The topological polar surface area (TPSA) is 58.6 Å². The number of benzene rings is 3. The minimum Gasteiger partial charge on any atom is -0.457 e. The molecule has 0 aliphatic carbocycles. The summed E-state index contributed by atoms with van der Waals surface area (Å²) in [4.78, 5) is 26.9. The summed E-state index contributed by atoms with van der Waals surface area (Å²) in [5.41, 5.74) is 1.19. The number of hydrogen-bond acceptors (Lipinski definition) is 4. The normalized spacial score (nSPS) is 10.4. The van der Waals surface area contributed by atoms with E-state index in [-0.39, 0.29) is 17.6 Å². The van der Waals surface area contributed by atoms with Crippen LogP contribution in [-0.4, -0.2) is 36.6 Å². The molecule has 30 heavy (non-hydrogen) atoms. The van der Waals surface area contributed by atoms with Crippen molar-refractivity contribution in [1.82, 2.24) is 4.90 Å². The minimum atomic E-state index is -0.225. The van der Waals surface area contributed by atoms with Gasteiger partial charge in [-0.25, -0.2) is 0 Å². The Morgan fingerprint density at radius 2 is 1.53 bits per heavy atom. The summed E-state index contributed by atoms with van der Waals surface area (Å²) >= 11 is 4.75. The molecule has 1 N–H and O–H groups in total. The average molecular weight is 485 g/mol. The zero-order chi connectivity index (χ0) is 21.5. The van der Waals surface area contributed by atoms with Gasteiger partial charge in [0, 0.05) is 29.2 Å². The van der Waals surface area contributed by atoms with E-state index >= 15 is 0 Å². The summed E-state index contributed by atoms with van der Waals surface area (Å²) in [6.45, 7) is 0. The van der Waals surface area contributed by atoms with Crippen LogP contribution in [0.4, 0.5) is 5.69 Å². The molecular weight excluding hydrogens is 464 g/mol. The van der Waals surface area contributed by atoms with Gasteiger partial charge in [0.1, 0.15) is 11.5 Å². The monoisotopic (exact) mass is 484 g/mol. The molecule has 0 spiro atoms. The molecule has 0 atom stereocenters. The summed E-state index contributed by atoms with van der Waals surface area (Å²) in [6.07, 6.45) is 0. The Morgan fingerprint density at radius 3 is 2.17 bits per heavy atom. The maximum absolute atomic E-state index is 12.8. The lowest BCUT2D eigenvalue weighted by Crippen LogP contribution is -2.23. The summed E-state index contributed by atoms with van der Waals surface area (Å²) in [5, 5.41) is 2.90. The van der Waals surface area contributed by atoms with Crippen molar-refractivity contribution in [3.05, 3.63) is 82.8 Å². The fourth-order valence-electron chi connectivity index (χ4n) is 2.49. The van der Waals surface area contributed by atoms with Gasteiger partial charge in [0.05, 0.1) is 11.3 Å². The van der Waals surface area contributed by atoms with Gasteiger partial charge >= 0.3 is 0 Å². The second kappa shape index (κ2) is 10.3. The quantitative estimate of drug-likeness (QED) is 0.438.